The van der Waals surface area contributed by atoms with E-state index in [1.807, 2.05) is 6.92 Å². The van der Waals surface area contributed by atoms with Crippen molar-refractivity contribution >= 4 is 17.4 Å². The summed E-state index contributed by atoms with van der Waals surface area (Å²) in [7, 11) is 0. The molecule has 0 atom stereocenters. The number of nitrogens with two attached hydrogens (primary N) is 1. The zero-order valence-corrected chi connectivity index (χ0v) is 9.60. The molecular formula is C10H13N5O2. The molecule has 2 aromatic rings. The summed E-state index contributed by atoms with van der Waals surface area (Å²) in [6, 6.07) is 1.62. The predicted molar refractivity (Wildman–Crippen MR) is 61.5 cm³/mol. The van der Waals surface area contributed by atoms with Crippen LogP contribution in [0.1, 0.15) is 23.2 Å². The molecule has 0 radical (unpaired) electrons. The number of carbonyl (C=O) groups excluding carboxylic acids is 1. The first-order valence-corrected chi connectivity index (χ1v) is 5.17. The van der Waals surface area contributed by atoms with E-state index in [-0.39, 0.29) is 5.69 Å². The number of amides is 1. The van der Waals surface area contributed by atoms with Gasteiger partial charge in [0.1, 0.15) is 5.76 Å². The first-order chi connectivity index (χ1) is 8.10. The van der Waals surface area contributed by atoms with Crippen molar-refractivity contribution in [2.75, 3.05) is 11.1 Å². The number of aromatic nitrogens is 3. The van der Waals surface area contributed by atoms with Gasteiger partial charge >= 0.3 is 0 Å². The lowest BCUT2D eigenvalue weighted by molar-refractivity contribution is 0.102. The Bertz CT molecular complexity index is 543. The molecule has 17 heavy (non-hydrogen) atoms. The molecule has 2 heterocycles. The highest BCUT2D eigenvalue weighted by atomic mass is 16.5. The maximum Gasteiger partial charge on any atom is 0.279 e. The SMILES string of the molecule is CCn1cc(N)c(C(=O)Nc2cc(C)on2)n1. The molecule has 90 valence electrons. The van der Waals surface area contributed by atoms with Gasteiger partial charge in [0.05, 0.1) is 5.69 Å². The maximum absolute atomic E-state index is 11.8. The Hall–Kier alpha value is -2.31. The fourth-order valence-electron chi connectivity index (χ4n) is 1.38. The van der Waals surface area contributed by atoms with E-state index in [1.165, 1.54) is 0 Å². The number of hydrogen-bond acceptors (Lipinski definition) is 5. The van der Waals surface area contributed by atoms with Crippen molar-refractivity contribution in [2.45, 2.75) is 20.4 Å². The molecule has 0 saturated heterocycles. The first-order valence-electron chi connectivity index (χ1n) is 5.17. The highest BCUT2D eigenvalue weighted by Gasteiger charge is 2.15. The van der Waals surface area contributed by atoms with Crippen molar-refractivity contribution in [3.8, 4) is 0 Å². The van der Waals surface area contributed by atoms with Crippen LogP contribution in [0, 0.1) is 6.92 Å². The highest BCUT2D eigenvalue weighted by Crippen LogP contribution is 2.13. The molecular weight excluding hydrogens is 222 g/mol. The van der Waals surface area contributed by atoms with E-state index in [4.69, 9.17) is 10.3 Å². The van der Waals surface area contributed by atoms with Gasteiger partial charge in [-0.3, -0.25) is 9.48 Å². The second-order valence-corrected chi connectivity index (χ2v) is 3.57. The van der Waals surface area contributed by atoms with Gasteiger partial charge in [-0.15, -0.1) is 0 Å². The van der Waals surface area contributed by atoms with Crippen LogP contribution in [0.25, 0.3) is 0 Å². The maximum atomic E-state index is 11.8. The van der Waals surface area contributed by atoms with Crippen LogP contribution in [0.15, 0.2) is 16.8 Å². The van der Waals surface area contributed by atoms with Crippen molar-refractivity contribution < 1.29 is 9.32 Å². The topological polar surface area (TPSA) is 99.0 Å². The van der Waals surface area contributed by atoms with Gasteiger partial charge in [-0.25, -0.2) is 0 Å². The van der Waals surface area contributed by atoms with Gasteiger partial charge in [0.25, 0.3) is 5.91 Å². The Labute approximate surface area is 97.6 Å². The Balaban J connectivity index is 2.16. The molecule has 0 fully saturated rings. The number of aryl methyl sites for hydroxylation is 2. The Morgan fingerprint density at radius 2 is 2.41 bits per heavy atom. The Kier molecular flexibility index (Phi) is 2.82. The van der Waals surface area contributed by atoms with Gasteiger partial charge < -0.3 is 15.6 Å². The third-order valence-corrected chi connectivity index (χ3v) is 2.20. The van der Waals surface area contributed by atoms with E-state index >= 15 is 0 Å². The molecule has 0 bridgehead atoms. The third-order valence-electron chi connectivity index (χ3n) is 2.20. The third kappa shape index (κ3) is 2.27. The van der Waals surface area contributed by atoms with E-state index in [9.17, 15) is 4.79 Å². The normalized spacial score (nSPS) is 10.5. The average Bonchev–Trinajstić information content (AvgIpc) is 2.85. The first kappa shape index (κ1) is 11.2. The molecule has 0 aliphatic rings. The standard InChI is InChI=1S/C10H13N5O2/c1-3-15-5-7(11)9(13-15)10(16)12-8-4-6(2)17-14-8/h4-5H,3,11H2,1-2H3,(H,12,14,16). The van der Waals surface area contributed by atoms with Crippen molar-refractivity contribution in [3.63, 3.8) is 0 Å². The predicted octanol–water partition coefficient (Wildman–Crippen LogP) is 1.03. The molecule has 2 rings (SSSR count). The van der Waals surface area contributed by atoms with Crippen molar-refractivity contribution in [1.82, 2.24) is 14.9 Å². The summed E-state index contributed by atoms with van der Waals surface area (Å²) in [5, 5.41) is 10.3. The molecule has 7 nitrogen and oxygen atoms in total. The fourth-order valence-corrected chi connectivity index (χ4v) is 1.38. The molecule has 0 spiro atoms. The van der Waals surface area contributed by atoms with Crippen LogP contribution in [0.2, 0.25) is 0 Å². The summed E-state index contributed by atoms with van der Waals surface area (Å²) in [6.45, 7) is 4.30. The van der Waals surface area contributed by atoms with Gasteiger partial charge in [-0.05, 0) is 13.8 Å². The van der Waals surface area contributed by atoms with Crippen LogP contribution in [0.3, 0.4) is 0 Å². The molecule has 0 aliphatic heterocycles. The zero-order valence-electron chi connectivity index (χ0n) is 9.60. The number of nitrogens with one attached hydrogen (secondary N) is 1. The fraction of sp³-hybridized carbons (Fsp3) is 0.300. The van der Waals surface area contributed by atoms with E-state index in [1.54, 1.807) is 23.9 Å². The highest BCUT2D eigenvalue weighted by molar-refractivity contribution is 6.05. The summed E-state index contributed by atoms with van der Waals surface area (Å²) < 4.78 is 6.43. The van der Waals surface area contributed by atoms with E-state index < -0.39 is 5.91 Å². The molecule has 1 amide bonds. The van der Waals surface area contributed by atoms with Crippen LogP contribution in [0.4, 0.5) is 11.5 Å². The van der Waals surface area contributed by atoms with Gasteiger partial charge in [0.15, 0.2) is 11.5 Å². The molecule has 7 heteroatoms. The average molecular weight is 235 g/mol. The second-order valence-electron chi connectivity index (χ2n) is 3.57. The zero-order chi connectivity index (χ0) is 12.4. The summed E-state index contributed by atoms with van der Waals surface area (Å²) >= 11 is 0. The van der Waals surface area contributed by atoms with Crippen LogP contribution >= 0.6 is 0 Å². The van der Waals surface area contributed by atoms with Crippen LogP contribution in [-0.4, -0.2) is 20.8 Å². The molecule has 0 saturated carbocycles. The molecule has 3 N–H and O–H groups in total. The monoisotopic (exact) mass is 235 g/mol. The summed E-state index contributed by atoms with van der Waals surface area (Å²) in [4.78, 5) is 11.8. The number of nitrogen functional groups attached to an aromatic ring is 1. The van der Waals surface area contributed by atoms with E-state index in [2.05, 4.69) is 15.6 Å². The van der Waals surface area contributed by atoms with Crippen LogP contribution < -0.4 is 11.1 Å². The van der Waals surface area contributed by atoms with Gasteiger partial charge in [0.2, 0.25) is 0 Å². The van der Waals surface area contributed by atoms with Gasteiger partial charge in [-0.1, -0.05) is 5.16 Å². The van der Waals surface area contributed by atoms with E-state index in [0.29, 0.717) is 23.8 Å². The lowest BCUT2D eigenvalue weighted by Gasteiger charge is -1.98. The minimum Gasteiger partial charge on any atom is -0.396 e. The number of rotatable bonds is 3. The van der Waals surface area contributed by atoms with Crippen LogP contribution in [-0.2, 0) is 6.54 Å². The number of nitrogens with zero attached hydrogens (tertiary/aromatic N) is 3. The molecule has 0 aliphatic carbocycles. The second kappa shape index (κ2) is 4.28. The largest absolute Gasteiger partial charge is 0.396 e. The van der Waals surface area contributed by atoms with E-state index in [0.717, 1.165) is 0 Å². The van der Waals surface area contributed by atoms with Crippen LogP contribution in [0.5, 0.6) is 0 Å². The quantitative estimate of drug-likeness (QED) is 0.827. The molecule has 2 aromatic heterocycles. The minimum atomic E-state index is -0.400. The number of carbonyl (C=O) groups is 1. The van der Waals surface area contributed by atoms with Crippen molar-refractivity contribution in [2.24, 2.45) is 0 Å². The lowest BCUT2D eigenvalue weighted by Crippen LogP contribution is -2.14. The number of hydrogen-bond donors (Lipinski definition) is 2. The summed E-state index contributed by atoms with van der Waals surface area (Å²) in [5.41, 5.74) is 6.21. The smallest absolute Gasteiger partial charge is 0.279 e. The van der Waals surface area contributed by atoms with Gasteiger partial charge in [0, 0.05) is 18.8 Å². The Morgan fingerprint density at radius 3 is 2.94 bits per heavy atom. The lowest BCUT2D eigenvalue weighted by atomic mass is 10.3. The van der Waals surface area contributed by atoms with Crippen molar-refractivity contribution in [3.05, 3.63) is 23.7 Å². The summed E-state index contributed by atoms with van der Waals surface area (Å²) in [5.74, 6) is 0.563. The minimum absolute atomic E-state index is 0.188. The molecule has 0 unspecified atom stereocenters. The van der Waals surface area contributed by atoms with Gasteiger partial charge in [-0.2, -0.15) is 5.10 Å². The van der Waals surface area contributed by atoms with Crippen molar-refractivity contribution in [1.29, 1.82) is 0 Å². The number of anilines is 2. The molecule has 0 aromatic carbocycles. The summed E-state index contributed by atoms with van der Waals surface area (Å²) in [6.07, 6.45) is 1.61. The Morgan fingerprint density at radius 1 is 1.65 bits per heavy atom.